The van der Waals surface area contributed by atoms with Gasteiger partial charge in [0.15, 0.2) is 5.65 Å². The SMILES string of the molecule is COc1ccc(Nc2cc(-c3c(C)nc4c(Cl)cc(C)cn34)cs2)cc1. The second-order valence-corrected chi connectivity index (χ2v) is 7.48. The van der Waals surface area contributed by atoms with Crippen LogP contribution in [0.3, 0.4) is 0 Å². The Morgan fingerprint density at radius 3 is 2.65 bits per heavy atom. The molecule has 0 saturated carbocycles. The lowest BCUT2D eigenvalue weighted by atomic mass is 10.2. The van der Waals surface area contributed by atoms with Gasteiger partial charge in [0.2, 0.25) is 0 Å². The summed E-state index contributed by atoms with van der Waals surface area (Å²) in [5.41, 5.74) is 6.08. The van der Waals surface area contributed by atoms with E-state index in [1.54, 1.807) is 18.4 Å². The van der Waals surface area contributed by atoms with Crippen molar-refractivity contribution in [2.75, 3.05) is 12.4 Å². The maximum absolute atomic E-state index is 6.37. The molecule has 3 aromatic heterocycles. The molecule has 4 rings (SSSR count). The molecular weight excluding hydrogens is 366 g/mol. The highest BCUT2D eigenvalue weighted by Gasteiger charge is 2.15. The van der Waals surface area contributed by atoms with Crippen molar-refractivity contribution in [3.05, 3.63) is 64.3 Å². The molecule has 1 N–H and O–H groups in total. The predicted molar refractivity (Wildman–Crippen MR) is 109 cm³/mol. The Hall–Kier alpha value is -2.50. The molecule has 0 aliphatic heterocycles. The number of pyridine rings is 1. The number of nitrogens with one attached hydrogen (secondary N) is 1. The Kier molecular flexibility index (Phi) is 4.34. The Labute approximate surface area is 161 Å². The molecule has 0 saturated heterocycles. The quantitative estimate of drug-likeness (QED) is 0.463. The average Bonchev–Trinajstić information content (AvgIpc) is 3.19. The van der Waals surface area contributed by atoms with Gasteiger partial charge in [0.1, 0.15) is 5.75 Å². The standard InChI is InChI=1S/C20H18ClN3OS/c1-12-8-17(21)20-22-13(2)19(24(20)10-12)14-9-18(26-11-14)23-15-4-6-16(25-3)7-5-15/h4-11,23H,1-3H3. The van der Waals surface area contributed by atoms with Crippen LogP contribution in [0.5, 0.6) is 5.75 Å². The number of ether oxygens (including phenoxy) is 1. The van der Waals surface area contributed by atoms with E-state index in [9.17, 15) is 0 Å². The van der Waals surface area contributed by atoms with Crippen molar-refractivity contribution in [1.82, 2.24) is 9.38 Å². The zero-order valence-electron chi connectivity index (χ0n) is 14.7. The van der Waals surface area contributed by atoms with Crippen LogP contribution < -0.4 is 10.1 Å². The molecule has 0 atom stereocenters. The maximum atomic E-state index is 6.37. The fourth-order valence-corrected chi connectivity index (χ4v) is 4.15. The van der Waals surface area contributed by atoms with Crippen LogP contribution >= 0.6 is 22.9 Å². The lowest BCUT2D eigenvalue weighted by Crippen LogP contribution is -1.91. The minimum Gasteiger partial charge on any atom is -0.497 e. The summed E-state index contributed by atoms with van der Waals surface area (Å²) in [6.45, 7) is 4.05. The topological polar surface area (TPSA) is 38.6 Å². The summed E-state index contributed by atoms with van der Waals surface area (Å²) in [7, 11) is 1.67. The van der Waals surface area contributed by atoms with E-state index in [1.807, 2.05) is 44.2 Å². The minimum atomic E-state index is 0.672. The maximum Gasteiger partial charge on any atom is 0.156 e. The number of anilines is 2. The Bertz CT molecular complexity index is 1080. The molecule has 0 spiro atoms. The Morgan fingerprint density at radius 1 is 1.15 bits per heavy atom. The summed E-state index contributed by atoms with van der Waals surface area (Å²) < 4.78 is 7.28. The number of halogens is 1. The van der Waals surface area contributed by atoms with Crippen molar-refractivity contribution in [3.8, 4) is 17.0 Å². The second-order valence-electron chi connectivity index (χ2n) is 6.16. The summed E-state index contributed by atoms with van der Waals surface area (Å²) >= 11 is 8.03. The summed E-state index contributed by atoms with van der Waals surface area (Å²) in [5, 5.41) is 7.31. The van der Waals surface area contributed by atoms with Crippen LogP contribution in [-0.2, 0) is 0 Å². The van der Waals surface area contributed by atoms with E-state index >= 15 is 0 Å². The first-order valence-electron chi connectivity index (χ1n) is 8.20. The highest BCUT2D eigenvalue weighted by molar-refractivity contribution is 7.14. The van der Waals surface area contributed by atoms with E-state index in [0.29, 0.717) is 5.02 Å². The zero-order valence-corrected chi connectivity index (χ0v) is 16.3. The van der Waals surface area contributed by atoms with Gasteiger partial charge >= 0.3 is 0 Å². The van der Waals surface area contributed by atoms with Crippen LogP contribution in [0.25, 0.3) is 16.9 Å². The largest absolute Gasteiger partial charge is 0.497 e. The third kappa shape index (κ3) is 3.04. The van der Waals surface area contributed by atoms with Crippen molar-refractivity contribution in [1.29, 1.82) is 0 Å². The van der Waals surface area contributed by atoms with Gasteiger partial charge in [-0.2, -0.15) is 0 Å². The molecule has 0 radical (unpaired) electrons. The summed E-state index contributed by atoms with van der Waals surface area (Å²) in [6, 6.07) is 12.0. The lowest BCUT2D eigenvalue weighted by Gasteiger charge is -2.05. The second kappa shape index (κ2) is 6.67. The first kappa shape index (κ1) is 16.9. The molecule has 0 aliphatic rings. The van der Waals surface area contributed by atoms with Gasteiger partial charge in [-0.15, -0.1) is 11.3 Å². The van der Waals surface area contributed by atoms with Crippen LogP contribution in [0, 0.1) is 13.8 Å². The van der Waals surface area contributed by atoms with E-state index in [2.05, 4.69) is 32.3 Å². The number of rotatable bonds is 4. The van der Waals surface area contributed by atoms with E-state index in [-0.39, 0.29) is 0 Å². The van der Waals surface area contributed by atoms with Gasteiger partial charge < -0.3 is 10.1 Å². The van der Waals surface area contributed by atoms with Crippen LogP contribution in [0.2, 0.25) is 5.02 Å². The van der Waals surface area contributed by atoms with Gasteiger partial charge in [0, 0.05) is 22.8 Å². The summed E-state index contributed by atoms with van der Waals surface area (Å²) in [4.78, 5) is 4.64. The van der Waals surface area contributed by atoms with Crippen molar-refractivity contribution in [2.24, 2.45) is 0 Å². The fraction of sp³-hybridized carbons (Fsp3) is 0.150. The number of benzene rings is 1. The molecule has 3 heterocycles. The van der Waals surface area contributed by atoms with Crippen LogP contribution in [0.1, 0.15) is 11.3 Å². The first-order valence-corrected chi connectivity index (χ1v) is 9.45. The molecule has 132 valence electrons. The van der Waals surface area contributed by atoms with Gasteiger partial charge in [-0.1, -0.05) is 11.6 Å². The number of nitrogens with zero attached hydrogens (tertiary/aromatic N) is 2. The molecule has 0 fully saturated rings. The van der Waals surface area contributed by atoms with E-state index < -0.39 is 0 Å². The van der Waals surface area contributed by atoms with Crippen LogP contribution in [0.4, 0.5) is 10.7 Å². The lowest BCUT2D eigenvalue weighted by molar-refractivity contribution is 0.415. The molecule has 0 aliphatic carbocycles. The molecular formula is C20H18ClN3OS. The number of imidazole rings is 1. The number of methoxy groups -OCH3 is 1. The van der Waals surface area contributed by atoms with Gasteiger partial charge in [-0.25, -0.2) is 4.98 Å². The first-order chi connectivity index (χ1) is 12.5. The van der Waals surface area contributed by atoms with Crippen LogP contribution in [-0.4, -0.2) is 16.5 Å². The number of hydrogen-bond acceptors (Lipinski definition) is 4. The molecule has 0 unspecified atom stereocenters. The molecule has 26 heavy (non-hydrogen) atoms. The normalized spacial score (nSPS) is 11.1. The summed E-state index contributed by atoms with van der Waals surface area (Å²) in [6.07, 6.45) is 2.07. The number of hydrogen-bond donors (Lipinski definition) is 1. The van der Waals surface area contributed by atoms with Gasteiger partial charge in [0.05, 0.1) is 28.5 Å². The molecule has 4 aromatic rings. The van der Waals surface area contributed by atoms with Gasteiger partial charge in [-0.05, 0) is 55.8 Å². The third-order valence-electron chi connectivity index (χ3n) is 4.22. The summed E-state index contributed by atoms with van der Waals surface area (Å²) in [5.74, 6) is 0.844. The van der Waals surface area contributed by atoms with Gasteiger partial charge in [-0.3, -0.25) is 4.40 Å². The molecule has 0 bridgehead atoms. The van der Waals surface area contributed by atoms with Crippen molar-refractivity contribution >= 4 is 39.3 Å². The zero-order chi connectivity index (χ0) is 18.3. The highest BCUT2D eigenvalue weighted by Crippen LogP contribution is 2.34. The highest BCUT2D eigenvalue weighted by atomic mass is 35.5. The Balaban J connectivity index is 1.69. The van der Waals surface area contributed by atoms with Crippen molar-refractivity contribution in [3.63, 3.8) is 0 Å². The van der Waals surface area contributed by atoms with E-state index in [4.69, 9.17) is 16.3 Å². The van der Waals surface area contributed by atoms with E-state index in [0.717, 1.165) is 44.6 Å². The predicted octanol–water partition coefficient (Wildman–Crippen LogP) is 6.09. The van der Waals surface area contributed by atoms with Gasteiger partial charge in [0.25, 0.3) is 0 Å². The molecule has 0 amide bonds. The third-order valence-corrected chi connectivity index (χ3v) is 5.34. The number of fused-ring (bicyclic) bond motifs is 1. The monoisotopic (exact) mass is 383 g/mol. The molecule has 1 aromatic carbocycles. The average molecular weight is 384 g/mol. The smallest absolute Gasteiger partial charge is 0.156 e. The fourth-order valence-electron chi connectivity index (χ4n) is 3.04. The Morgan fingerprint density at radius 2 is 1.92 bits per heavy atom. The number of aryl methyl sites for hydroxylation is 2. The minimum absolute atomic E-state index is 0.672. The number of aromatic nitrogens is 2. The van der Waals surface area contributed by atoms with Crippen LogP contribution in [0.15, 0.2) is 48.0 Å². The molecule has 4 nitrogen and oxygen atoms in total. The molecule has 6 heteroatoms. The van der Waals surface area contributed by atoms with Crippen molar-refractivity contribution < 1.29 is 4.74 Å². The van der Waals surface area contributed by atoms with Crippen molar-refractivity contribution in [2.45, 2.75) is 13.8 Å². The van der Waals surface area contributed by atoms with E-state index in [1.165, 1.54) is 0 Å². The number of thiophene rings is 1.